The van der Waals surface area contributed by atoms with E-state index in [9.17, 15) is 9.59 Å². The number of hydrogen-bond acceptors (Lipinski definition) is 3. The standard InChI is InChI=1S/C16H19N3.C4H4O4/c1-12-15(18-11-17-12)8-5-6-13-10-19(2)16-9-4-3-7-14(13)16;5-3(6)1-2-4(7)8/h3-4,7,9-11H,5-6,8H2,1-2H3,(H,17,18);1-2H,(H,5,6)(H,7,8). The second-order valence-electron chi connectivity index (χ2n) is 6.12. The fraction of sp³-hybridized carbons (Fsp3) is 0.250. The molecule has 0 amide bonds. The van der Waals surface area contributed by atoms with Gasteiger partial charge in [0.1, 0.15) is 0 Å². The summed E-state index contributed by atoms with van der Waals surface area (Å²) in [6.07, 6.45) is 8.43. The number of aliphatic carboxylic acids is 2. The molecule has 0 bridgehead atoms. The Kier molecular flexibility index (Phi) is 6.93. The number of aromatic nitrogens is 3. The highest BCUT2D eigenvalue weighted by molar-refractivity contribution is 5.89. The van der Waals surface area contributed by atoms with Gasteiger partial charge in [-0.3, -0.25) is 0 Å². The topological polar surface area (TPSA) is 108 Å². The van der Waals surface area contributed by atoms with Crippen molar-refractivity contribution in [2.75, 3.05) is 0 Å². The van der Waals surface area contributed by atoms with Gasteiger partial charge in [-0.25, -0.2) is 14.6 Å². The van der Waals surface area contributed by atoms with Crippen LogP contribution in [0.25, 0.3) is 10.9 Å². The third-order valence-corrected chi connectivity index (χ3v) is 4.14. The van der Waals surface area contributed by atoms with E-state index in [-0.39, 0.29) is 0 Å². The van der Waals surface area contributed by atoms with E-state index in [0.29, 0.717) is 12.2 Å². The molecule has 1 aromatic carbocycles. The predicted molar refractivity (Wildman–Crippen MR) is 103 cm³/mol. The van der Waals surface area contributed by atoms with Gasteiger partial charge in [0.05, 0.1) is 12.0 Å². The molecule has 0 radical (unpaired) electrons. The number of carbonyl (C=O) groups is 2. The Balaban J connectivity index is 0.000000279. The number of H-pyrrole nitrogens is 1. The summed E-state index contributed by atoms with van der Waals surface area (Å²) in [4.78, 5) is 26.6. The molecule has 3 N–H and O–H groups in total. The van der Waals surface area contributed by atoms with Crippen LogP contribution in [0.5, 0.6) is 0 Å². The van der Waals surface area contributed by atoms with E-state index >= 15 is 0 Å². The molecule has 2 aromatic heterocycles. The van der Waals surface area contributed by atoms with Crippen LogP contribution in [-0.4, -0.2) is 36.7 Å². The van der Waals surface area contributed by atoms with Crippen molar-refractivity contribution in [3.63, 3.8) is 0 Å². The van der Waals surface area contributed by atoms with E-state index in [4.69, 9.17) is 10.2 Å². The lowest BCUT2D eigenvalue weighted by Crippen LogP contribution is -1.92. The fourth-order valence-corrected chi connectivity index (χ4v) is 2.85. The molecule has 2 heterocycles. The molecule has 0 unspecified atom stereocenters. The van der Waals surface area contributed by atoms with Crippen LogP contribution in [0.4, 0.5) is 0 Å². The minimum absolute atomic E-state index is 0.558. The molecule has 0 aliphatic rings. The molecule has 0 aliphatic carbocycles. The third-order valence-electron chi connectivity index (χ3n) is 4.14. The van der Waals surface area contributed by atoms with Gasteiger partial charge in [0.2, 0.25) is 0 Å². The summed E-state index contributed by atoms with van der Waals surface area (Å²) >= 11 is 0. The molecule has 0 atom stereocenters. The van der Waals surface area contributed by atoms with Gasteiger partial charge < -0.3 is 19.8 Å². The second-order valence-corrected chi connectivity index (χ2v) is 6.12. The minimum Gasteiger partial charge on any atom is -0.478 e. The van der Waals surface area contributed by atoms with Gasteiger partial charge in [-0.1, -0.05) is 18.2 Å². The molecular weight excluding hydrogens is 346 g/mol. The van der Waals surface area contributed by atoms with Gasteiger partial charge in [0, 0.05) is 42.0 Å². The normalized spacial score (nSPS) is 10.7. The molecule has 3 rings (SSSR count). The molecule has 0 saturated carbocycles. The molecule has 7 heteroatoms. The Bertz CT molecular complexity index is 937. The number of benzene rings is 1. The number of rotatable bonds is 6. The zero-order chi connectivity index (χ0) is 19.8. The van der Waals surface area contributed by atoms with Gasteiger partial charge in [-0.2, -0.15) is 0 Å². The van der Waals surface area contributed by atoms with E-state index in [1.54, 1.807) is 6.33 Å². The maximum absolute atomic E-state index is 9.55. The van der Waals surface area contributed by atoms with E-state index in [2.05, 4.69) is 59.0 Å². The fourth-order valence-electron chi connectivity index (χ4n) is 2.85. The van der Waals surface area contributed by atoms with E-state index in [1.165, 1.54) is 27.9 Å². The Morgan fingerprint density at radius 2 is 1.81 bits per heavy atom. The van der Waals surface area contributed by atoms with Crippen molar-refractivity contribution in [1.29, 1.82) is 0 Å². The maximum atomic E-state index is 9.55. The highest BCUT2D eigenvalue weighted by atomic mass is 16.4. The summed E-state index contributed by atoms with van der Waals surface area (Å²) in [5, 5.41) is 17.0. The van der Waals surface area contributed by atoms with Gasteiger partial charge in [-0.15, -0.1) is 0 Å². The Morgan fingerprint density at radius 3 is 2.41 bits per heavy atom. The van der Waals surface area contributed by atoms with Crippen LogP contribution in [-0.2, 0) is 29.5 Å². The monoisotopic (exact) mass is 369 g/mol. The molecule has 142 valence electrons. The summed E-state index contributed by atoms with van der Waals surface area (Å²) in [6, 6.07) is 8.60. The van der Waals surface area contributed by atoms with Crippen molar-refractivity contribution in [1.82, 2.24) is 14.5 Å². The average Bonchev–Trinajstić information content (AvgIpc) is 3.18. The van der Waals surface area contributed by atoms with Gasteiger partial charge in [0.25, 0.3) is 0 Å². The number of imidazole rings is 1. The Morgan fingerprint density at radius 1 is 1.15 bits per heavy atom. The number of nitrogens with one attached hydrogen (secondary N) is 1. The number of hydrogen-bond donors (Lipinski definition) is 3. The second kappa shape index (κ2) is 9.38. The highest BCUT2D eigenvalue weighted by Gasteiger charge is 2.06. The number of aryl methyl sites for hydroxylation is 4. The zero-order valence-corrected chi connectivity index (χ0v) is 15.3. The molecule has 27 heavy (non-hydrogen) atoms. The summed E-state index contributed by atoms with van der Waals surface area (Å²) in [7, 11) is 2.11. The number of nitrogens with zero attached hydrogens (tertiary/aromatic N) is 2. The molecule has 7 nitrogen and oxygen atoms in total. The molecule has 0 aliphatic heterocycles. The first-order chi connectivity index (χ1) is 12.9. The summed E-state index contributed by atoms with van der Waals surface area (Å²) in [5.74, 6) is -2.51. The minimum atomic E-state index is -1.26. The van der Waals surface area contributed by atoms with Crippen LogP contribution in [0.3, 0.4) is 0 Å². The van der Waals surface area contributed by atoms with Gasteiger partial charge in [-0.05, 0) is 37.8 Å². The summed E-state index contributed by atoms with van der Waals surface area (Å²) in [6.45, 7) is 2.08. The molecule has 3 aromatic rings. The quantitative estimate of drug-likeness (QED) is 0.579. The maximum Gasteiger partial charge on any atom is 0.328 e. The highest BCUT2D eigenvalue weighted by Crippen LogP contribution is 2.22. The van der Waals surface area contributed by atoms with Crippen molar-refractivity contribution in [3.8, 4) is 0 Å². The third kappa shape index (κ3) is 5.85. The molecule has 0 saturated heterocycles. The van der Waals surface area contributed by atoms with Crippen LogP contribution in [0, 0.1) is 6.92 Å². The van der Waals surface area contributed by atoms with Crippen molar-refractivity contribution in [2.45, 2.75) is 26.2 Å². The molecule has 0 fully saturated rings. The zero-order valence-electron chi connectivity index (χ0n) is 15.3. The number of para-hydroxylation sites is 1. The molecular formula is C20H23N3O4. The van der Waals surface area contributed by atoms with Gasteiger partial charge >= 0.3 is 11.9 Å². The van der Waals surface area contributed by atoms with Gasteiger partial charge in [0.15, 0.2) is 0 Å². The van der Waals surface area contributed by atoms with Crippen molar-refractivity contribution >= 4 is 22.8 Å². The lowest BCUT2D eigenvalue weighted by atomic mass is 10.1. The number of fused-ring (bicyclic) bond motifs is 1. The first-order valence-corrected chi connectivity index (χ1v) is 8.54. The Hall–Kier alpha value is -3.35. The van der Waals surface area contributed by atoms with E-state index < -0.39 is 11.9 Å². The van der Waals surface area contributed by atoms with Crippen LogP contribution in [0.15, 0.2) is 48.9 Å². The van der Waals surface area contributed by atoms with E-state index in [0.717, 1.165) is 19.3 Å². The smallest absolute Gasteiger partial charge is 0.328 e. The SMILES string of the molecule is Cc1[nH]cnc1CCCc1cn(C)c2ccccc12.O=C(O)C=CC(=O)O. The lowest BCUT2D eigenvalue weighted by Gasteiger charge is -1.99. The largest absolute Gasteiger partial charge is 0.478 e. The van der Waals surface area contributed by atoms with Crippen LogP contribution < -0.4 is 0 Å². The summed E-state index contributed by atoms with van der Waals surface area (Å²) in [5.41, 5.74) is 5.14. The average molecular weight is 369 g/mol. The number of carboxylic acid groups (broad SMARTS) is 2. The van der Waals surface area contributed by atoms with Crippen LogP contribution in [0.1, 0.15) is 23.4 Å². The van der Waals surface area contributed by atoms with Crippen molar-refractivity contribution in [3.05, 3.63) is 65.9 Å². The Labute approximate surface area is 157 Å². The van der Waals surface area contributed by atoms with Crippen LogP contribution >= 0.6 is 0 Å². The lowest BCUT2D eigenvalue weighted by molar-refractivity contribution is -0.134. The van der Waals surface area contributed by atoms with Crippen LogP contribution in [0.2, 0.25) is 0 Å². The first-order valence-electron chi connectivity index (χ1n) is 8.54. The molecule has 0 spiro atoms. The summed E-state index contributed by atoms with van der Waals surface area (Å²) < 4.78 is 2.21. The van der Waals surface area contributed by atoms with Crippen molar-refractivity contribution in [2.24, 2.45) is 7.05 Å². The number of aromatic amines is 1. The first kappa shape index (κ1) is 20.0. The van der Waals surface area contributed by atoms with E-state index in [1.807, 2.05) is 0 Å². The number of carboxylic acids is 2. The van der Waals surface area contributed by atoms with Crippen molar-refractivity contribution < 1.29 is 19.8 Å². The predicted octanol–water partition coefficient (Wildman–Crippen LogP) is 3.10.